The smallest absolute Gasteiger partial charge is 0.151 e. The van der Waals surface area contributed by atoms with E-state index < -0.39 is 0 Å². The number of furan rings is 1. The highest BCUT2D eigenvalue weighted by Crippen LogP contribution is 2.28. The lowest BCUT2D eigenvalue weighted by atomic mass is 10.2. The fraction of sp³-hybridized carbons (Fsp3) is 0.125. The molecule has 96 valence electrons. The van der Waals surface area contributed by atoms with Gasteiger partial charge < -0.3 is 14.7 Å². The quantitative estimate of drug-likeness (QED) is 0.702. The van der Waals surface area contributed by atoms with Gasteiger partial charge in [0.15, 0.2) is 5.76 Å². The van der Waals surface area contributed by atoms with Gasteiger partial charge in [-0.1, -0.05) is 6.07 Å². The summed E-state index contributed by atoms with van der Waals surface area (Å²) in [5.74, 6) is 1.78. The highest BCUT2D eigenvalue weighted by atomic mass is 16.3. The van der Waals surface area contributed by atoms with E-state index >= 15 is 0 Å². The Morgan fingerprint density at radius 2 is 1.84 bits per heavy atom. The highest BCUT2D eigenvalue weighted by Gasteiger charge is 2.12. The van der Waals surface area contributed by atoms with E-state index in [0.29, 0.717) is 0 Å². The normalized spacial score (nSPS) is 10.8. The first-order valence-electron chi connectivity index (χ1n) is 6.26. The average Bonchev–Trinajstić information content (AvgIpc) is 2.95. The molecule has 0 amide bonds. The Morgan fingerprint density at radius 1 is 1.00 bits per heavy atom. The molecule has 1 aromatic carbocycles. The van der Waals surface area contributed by atoms with Gasteiger partial charge in [0.2, 0.25) is 0 Å². The number of nitrogens with zero attached hydrogens (tertiary/aromatic N) is 1. The summed E-state index contributed by atoms with van der Waals surface area (Å²) in [6, 6.07) is 16.0. The van der Waals surface area contributed by atoms with E-state index in [2.05, 4.69) is 23.6 Å². The molecule has 2 aromatic heterocycles. The molecule has 0 atom stereocenters. The van der Waals surface area contributed by atoms with Crippen LogP contribution in [0.3, 0.4) is 0 Å². The van der Waals surface area contributed by atoms with E-state index in [0.717, 1.165) is 34.3 Å². The third-order valence-corrected chi connectivity index (χ3v) is 3.20. The minimum absolute atomic E-state index is 0.757. The van der Waals surface area contributed by atoms with Gasteiger partial charge in [-0.2, -0.15) is 0 Å². The monoisotopic (exact) mass is 252 g/mol. The minimum atomic E-state index is 0.757. The largest absolute Gasteiger partial charge is 0.460 e. The molecule has 3 aromatic rings. The van der Waals surface area contributed by atoms with Crippen LogP contribution in [0, 0.1) is 13.8 Å². The molecule has 2 heterocycles. The fourth-order valence-electron chi connectivity index (χ4n) is 2.31. The first-order valence-corrected chi connectivity index (χ1v) is 6.26. The molecule has 3 heteroatoms. The molecule has 0 fully saturated rings. The highest BCUT2D eigenvalue weighted by molar-refractivity contribution is 5.61. The molecule has 0 radical (unpaired) electrons. The van der Waals surface area contributed by atoms with Crippen molar-refractivity contribution in [3.8, 4) is 17.1 Å². The van der Waals surface area contributed by atoms with Gasteiger partial charge in [-0.15, -0.1) is 0 Å². The molecule has 0 bridgehead atoms. The molecule has 0 unspecified atom stereocenters. The fourth-order valence-corrected chi connectivity index (χ4v) is 2.31. The Bertz CT molecular complexity index is 722. The molecule has 0 aliphatic carbocycles. The third-order valence-electron chi connectivity index (χ3n) is 3.20. The molecule has 3 rings (SSSR count). The number of anilines is 1. The molecule has 3 nitrogen and oxygen atoms in total. The zero-order chi connectivity index (χ0) is 13.4. The predicted molar refractivity (Wildman–Crippen MR) is 77.4 cm³/mol. The second-order valence-corrected chi connectivity index (χ2v) is 4.70. The van der Waals surface area contributed by atoms with E-state index in [1.165, 1.54) is 0 Å². The van der Waals surface area contributed by atoms with Crippen molar-refractivity contribution in [3.05, 3.63) is 60.0 Å². The lowest BCUT2D eigenvalue weighted by molar-refractivity contribution is 0.545. The van der Waals surface area contributed by atoms with Crippen LogP contribution in [-0.2, 0) is 0 Å². The number of nitrogens with two attached hydrogens (primary N) is 1. The second kappa shape index (κ2) is 4.35. The maximum absolute atomic E-state index is 5.87. The minimum Gasteiger partial charge on any atom is -0.460 e. The number of nitrogen functional groups attached to an aromatic ring is 1. The van der Waals surface area contributed by atoms with Gasteiger partial charge in [0.25, 0.3) is 0 Å². The summed E-state index contributed by atoms with van der Waals surface area (Å²) in [5.41, 5.74) is 9.86. The SMILES string of the molecule is Cc1ccc(-c2ccc(C)n2-c2cccc(N)c2)o1. The van der Waals surface area contributed by atoms with E-state index in [1.807, 2.05) is 43.3 Å². The van der Waals surface area contributed by atoms with Gasteiger partial charge >= 0.3 is 0 Å². The Hall–Kier alpha value is -2.42. The van der Waals surface area contributed by atoms with Crippen molar-refractivity contribution in [1.29, 1.82) is 0 Å². The van der Waals surface area contributed by atoms with Crippen LogP contribution >= 0.6 is 0 Å². The molecule has 0 aliphatic heterocycles. The molecule has 0 aliphatic rings. The molecular weight excluding hydrogens is 236 g/mol. The maximum Gasteiger partial charge on any atom is 0.151 e. The number of benzene rings is 1. The van der Waals surface area contributed by atoms with Crippen molar-refractivity contribution in [1.82, 2.24) is 4.57 Å². The number of aromatic nitrogens is 1. The first kappa shape index (κ1) is 11.7. The molecule has 0 saturated carbocycles. The predicted octanol–water partition coefficient (Wildman–Crippen LogP) is 3.94. The van der Waals surface area contributed by atoms with Crippen LogP contribution in [0.15, 0.2) is 52.9 Å². The molecule has 0 spiro atoms. The zero-order valence-electron chi connectivity index (χ0n) is 11.1. The number of hydrogen-bond donors (Lipinski definition) is 1. The van der Waals surface area contributed by atoms with Crippen molar-refractivity contribution in [2.45, 2.75) is 13.8 Å². The van der Waals surface area contributed by atoms with Crippen molar-refractivity contribution < 1.29 is 4.42 Å². The molecular formula is C16H16N2O. The van der Waals surface area contributed by atoms with Crippen LogP contribution < -0.4 is 5.73 Å². The van der Waals surface area contributed by atoms with E-state index in [1.54, 1.807) is 0 Å². The summed E-state index contributed by atoms with van der Waals surface area (Å²) < 4.78 is 7.87. The number of hydrogen-bond acceptors (Lipinski definition) is 2. The van der Waals surface area contributed by atoms with Crippen molar-refractivity contribution in [2.24, 2.45) is 0 Å². The van der Waals surface area contributed by atoms with Crippen molar-refractivity contribution in [2.75, 3.05) is 5.73 Å². The van der Waals surface area contributed by atoms with Crippen molar-refractivity contribution >= 4 is 5.69 Å². The van der Waals surface area contributed by atoms with Gasteiger partial charge in [0, 0.05) is 17.1 Å². The number of rotatable bonds is 2. The standard InChI is InChI=1S/C16H16N2O/c1-11-6-8-15(16-9-7-12(2)19-16)18(11)14-5-3-4-13(17)10-14/h3-10H,17H2,1-2H3. The summed E-state index contributed by atoms with van der Waals surface area (Å²) in [6.07, 6.45) is 0. The number of aryl methyl sites for hydroxylation is 2. The van der Waals surface area contributed by atoms with E-state index in [-0.39, 0.29) is 0 Å². The Labute approximate surface area is 112 Å². The first-order chi connectivity index (χ1) is 9.15. The lowest BCUT2D eigenvalue weighted by Crippen LogP contribution is -1.99. The Kier molecular flexibility index (Phi) is 2.67. The van der Waals surface area contributed by atoms with Crippen LogP contribution in [0.1, 0.15) is 11.5 Å². The Balaban J connectivity index is 2.19. The molecule has 0 saturated heterocycles. The van der Waals surface area contributed by atoms with Gasteiger partial charge in [-0.3, -0.25) is 0 Å². The van der Waals surface area contributed by atoms with Crippen molar-refractivity contribution in [3.63, 3.8) is 0 Å². The summed E-state index contributed by atoms with van der Waals surface area (Å²) in [6.45, 7) is 4.02. The average molecular weight is 252 g/mol. The third kappa shape index (κ3) is 2.03. The van der Waals surface area contributed by atoms with Gasteiger partial charge in [0.1, 0.15) is 5.76 Å². The summed E-state index contributed by atoms with van der Waals surface area (Å²) >= 11 is 0. The van der Waals surface area contributed by atoms with E-state index in [9.17, 15) is 0 Å². The van der Waals surface area contributed by atoms with Crippen LogP contribution in [0.4, 0.5) is 5.69 Å². The second-order valence-electron chi connectivity index (χ2n) is 4.70. The van der Waals surface area contributed by atoms with Crippen LogP contribution in [-0.4, -0.2) is 4.57 Å². The lowest BCUT2D eigenvalue weighted by Gasteiger charge is -2.11. The topological polar surface area (TPSA) is 44.1 Å². The Morgan fingerprint density at radius 3 is 2.53 bits per heavy atom. The van der Waals surface area contributed by atoms with Gasteiger partial charge in [-0.05, 0) is 56.3 Å². The van der Waals surface area contributed by atoms with Crippen LogP contribution in [0.5, 0.6) is 0 Å². The molecule has 19 heavy (non-hydrogen) atoms. The summed E-state index contributed by atoms with van der Waals surface area (Å²) in [5, 5.41) is 0. The summed E-state index contributed by atoms with van der Waals surface area (Å²) in [4.78, 5) is 0. The zero-order valence-corrected chi connectivity index (χ0v) is 11.1. The van der Waals surface area contributed by atoms with Gasteiger partial charge in [0.05, 0.1) is 5.69 Å². The van der Waals surface area contributed by atoms with Crippen LogP contribution in [0.2, 0.25) is 0 Å². The maximum atomic E-state index is 5.87. The van der Waals surface area contributed by atoms with Crippen LogP contribution in [0.25, 0.3) is 17.1 Å². The van der Waals surface area contributed by atoms with Gasteiger partial charge in [-0.25, -0.2) is 0 Å². The van der Waals surface area contributed by atoms with E-state index in [4.69, 9.17) is 10.2 Å². The summed E-state index contributed by atoms with van der Waals surface area (Å²) in [7, 11) is 0. The molecule has 2 N–H and O–H groups in total.